The van der Waals surface area contributed by atoms with E-state index in [-0.39, 0.29) is 13.0 Å². The standard InChI is InChI=1S/C18H20N2O6/c21-10-15(24)20-16(12-4-2-1-3-5-12)18(26)19-7-6-11-8-13(22)17(25)14(23)9-11/h1-5,8-9,16,21-23,25H,6-7,10H2,(H,19,26)(H,20,24)/t16-/m1/s1. The van der Waals surface area contributed by atoms with Crippen LogP contribution in [0.15, 0.2) is 42.5 Å². The fraction of sp³-hybridized carbons (Fsp3) is 0.222. The van der Waals surface area contributed by atoms with Gasteiger partial charge in [-0.05, 0) is 29.7 Å². The zero-order valence-electron chi connectivity index (χ0n) is 13.8. The molecule has 0 aliphatic rings. The zero-order chi connectivity index (χ0) is 19.1. The van der Waals surface area contributed by atoms with Gasteiger partial charge in [0, 0.05) is 6.54 Å². The van der Waals surface area contributed by atoms with Crippen molar-refractivity contribution in [1.82, 2.24) is 10.6 Å². The van der Waals surface area contributed by atoms with Crippen LogP contribution < -0.4 is 10.6 Å². The van der Waals surface area contributed by atoms with Crippen molar-refractivity contribution >= 4 is 11.8 Å². The third-order valence-corrected chi connectivity index (χ3v) is 3.69. The van der Waals surface area contributed by atoms with Gasteiger partial charge < -0.3 is 31.1 Å². The van der Waals surface area contributed by atoms with E-state index in [0.29, 0.717) is 11.1 Å². The van der Waals surface area contributed by atoms with Gasteiger partial charge in [-0.25, -0.2) is 0 Å². The maximum Gasteiger partial charge on any atom is 0.247 e. The van der Waals surface area contributed by atoms with Gasteiger partial charge in [0.15, 0.2) is 17.2 Å². The fourth-order valence-corrected chi connectivity index (χ4v) is 2.39. The molecular formula is C18H20N2O6. The highest BCUT2D eigenvalue weighted by Gasteiger charge is 2.22. The molecule has 2 amide bonds. The Balaban J connectivity index is 2.02. The molecule has 0 spiro atoms. The number of phenols is 3. The van der Waals surface area contributed by atoms with Crippen molar-refractivity contribution in [3.05, 3.63) is 53.6 Å². The second-order valence-corrected chi connectivity index (χ2v) is 5.59. The van der Waals surface area contributed by atoms with Crippen molar-refractivity contribution in [2.75, 3.05) is 13.2 Å². The first-order valence-corrected chi connectivity index (χ1v) is 7.89. The van der Waals surface area contributed by atoms with Gasteiger partial charge in [-0.15, -0.1) is 0 Å². The molecule has 0 unspecified atom stereocenters. The van der Waals surface area contributed by atoms with Crippen LogP contribution in [-0.2, 0) is 16.0 Å². The summed E-state index contributed by atoms with van der Waals surface area (Å²) in [7, 11) is 0. The number of aliphatic hydroxyl groups excluding tert-OH is 1. The molecule has 6 N–H and O–H groups in total. The van der Waals surface area contributed by atoms with Gasteiger partial charge in [0.1, 0.15) is 12.6 Å². The van der Waals surface area contributed by atoms with Crippen LogP contribution in [0.25, 0.3) is 0 Å². The van der Waals surface area contributed by atoms with E-state index in [1.807, 2.05) is 0 Å². The summed E-state index contributed by atoms with van der Waals surface area (Å²) in [5.74, 6) is -2.66. The number of carbonyl (C=O) groups excluding carboxylic acids is 2. The van der Waals surface area contributed by atoms with Gasteiger partial charge in [0.2, 0.25) is 11.8 Å². The summed E-state index contributed by atoms with van der Waals surface area (Å²) in [4.78, 5) is 23.9. The van der Waals surface area contributed by atoms with Gasteiger partial charge in [0.25, 0.3) is 0 Å². The van der Waals surface area contributed by atoms with Crippen LogP contribution in [0.2, 0.25) is 0 Å². The molecule has 0 aliphatic heterocycles. The molecule has 0 heterocycles. The number of nitrogens with one attached hydrogen (secondary N) is 2. The summed E-state index contributed by atoms with van der Waals surface area (Å²) in [6.07, 6.45) is 0.280. The number of aliphatic hydroxyl groups is 1. The van der Waals surface area contributed by atoms with Crippen molar-refractivity contribution in [3.8, 4) is 17.2 Å². The molecule has 138 valence electrons. The highest BCUT2D eigenvalue weighted by Crippen LogP contribution is 2.35. The molecular weight excluding hydrogens is 340 g/mol. The van der Waals surface area contributed by atoms with Gasteiger partial charge in [0.05, 0.1) is 0 Å². The molecule has 1 atom stereocenters. The Hall–Kier alpha value is -3.26. The second-order valence-electron chi connectivity index (χ2n) is 5.59. The molecule has 0 radical (unpaired) electrons. The molecule has 0 saturated heterocycles. The number of amides is 2. The second kappa shape index (κ2) is 8.72. The van der Waals surface area contributed by atoms with Crippen LogP contribution in [-0.4, -0.2) is 45.4 Å². The van der Waals surface area contributed by atoms with E-state index in [1.54, 1.807) is 30.3 Å². The van der Waals surface area contributed by atoms with Crippen molar-refractivity contribution in [2.24, 2.45) is 0 Å². The first-order chi connectivity index (χ1) is 12.4. The van der Waals surface area contributed by atoms with Gasteiger partial charge in [-0.2, -0.15) is 0 Å². The van der Waals surface area contributed by atoms with Crippen LogP contribution in [0.5, 0.6) is 17.2 Å². The third-order valence-electron chi connectivity index (χ3n) is 3.69. The van der Waals surface area contributed by atoms with Crippen molar-refractivity contribution < 1.29 is 30.0 Å². The molecule has 26 heavy (non-hydrogen) atoms. The molecule has 2 rings (SSSR count). The Bertz CT molecular complexity index is 756. The fourth-order valence-electron chi connectivity index (χ4n) is 2.39. The summed E-state index contributed by atoms with van der Waals surface area (Å²) in [5.41, 5.74) is 1.07. The summed E-state index contributed by atoms with van der Waals surface area (Å²) in [6, 6.07) is 10.2. The number of rotatable bonds is 7. The van der Waals surface area contributed by atoms with Crippen molar-refractivity contribution in [1.29, 1.82) is 0 Å². The first kappa shape index (κ1) is 19.1. The van der Waals surface area contributed by atoms with E-state index >= 15 is 0 Å². The highest BCUT2D eigenvalue weighted by atomic mass is 16.3. The lowest BCUT2D eigenvalue weighted by Crippen LogP contribution is -2.41. The van der Waals surface area contributed by atoms with E-state index in [2.05, 4.69) is 10.6 Å². The minimum absolute atomic E-state index is 0.167. The maximum absolute atomic E-state index is 12.4. The first-order valence-electron chi connectivity index (χ1n) is 7.89. The molecule has 0 aromatic heterocycles. The van der Waals surface area contributed by atoms with Crippen LogP contribution >= 0.6 is 0 Å². The topological polar surface area (TPSA) is 139 Å². The Kier molecular flexibility index (Phi) is 6.40. The van der Waals surface area contributed by atoms with Crippen molar-refractivity contribution in [3.63, 3.8) is 0 Å². The Morgan fingerprint density at radius 1 is 1.00 bits per heavy atom. The SMILES string of the molecule is O=C(CO)N[C@@H](C(=O)NCCc1cc(O)c(O)c(O)c1)c1ccccc1. The van der Waals surface area contributed by atoms with Crippen LogP contribution in [0.4, 0.5) is 0 Å². The Morgan fingerprint density at radius 3 is 2.19 bits per heavy atom. The van der Waals surface area contributed by atoms with Crippen LogP contribution in [0, 0.1) is 0 Å². The van der Waals surface area contributed by atoms with Gasteiger partial charge >= 0.3 is 0 Å². The normalized spacial score (nSPS) is 11.6. The van der Waals surface area contributed by atoms with Crippen molar-refractivity contribution in [2.45, 2.75) is 12.5 Å². The number of hydrogen-bond acceptors (Lipinski definition) is 6. The molecule has 8 nitrogen and oxygen atoms in total. The highest BCUT2D eigenvalue weighted by molar-refractivity contribution is 5.88. The zero-order valence-corrected chi connectivity index (χ0v) is 13.8. The average molecular weight is 360 g/mol. The molecule has 0 bridgehead atoms. The molecule has 8 heteroatoms. The molecule has 0 aliphatic carbocycles. The molecule has 2 aromatic rings. The lowest BCUT2D eigenvalue weighted by Gasteiger charge is -2.18. The van der Waals surface area contributed by atoms with Gasteiger partial charge in [-0.3, -0.25) is 9.59 Å². The monoisotopic (exact) mass is 360 g/mol. The molecule has 0 saturated carbocycles. The summed E-state index contributed by atoms with van der Waals surface area (Å²) >= 11 is 0. The van der Waals surface area contributed by atoms with E-state index in [4.69, 9.17) is 5.11 Å². The number of phenolic OH excluding ortho intramolecular Hbond substituents is 3. The third kappa shape index (κ3) is 4.87. The summed E-state index contributed by atoms with van der Waals surface area (Å²) in [6.45, 7) is -0.566. The number of hydrogen-bond donors (Lipinski definition) is 6. The minimum atomic E-state index is -0.961. The van der Waals surface area contributed by atoms with E-state index in [0.717, 1.165) is 0 Å². The molecule has 0 fully saturated rings. The van der Waals surface area contributed by atoms with Crippen LogP contribution in [0.3, 0.4) is 0 Å². The predicted octanol–water partition coefficient (Wildman–Crippen LogP) is 0.312. The van der Waals surface area contributed by atoms with Crippen LogP contribution in [0.1, 0.15) is 17.2 Å². The number of aromatic hydroxyl groups is 3. The smallest absolute Gasteiger partial charge is 0.247 e. The van der Waals surface area contributed by atoms with E-state index in [9.17, 15) is 24.9 Å². The quantitative estimate of drug-likeness (QED) is 0.393. The Morgan fingerprint density at radius 2 is 1.62 bits per heavy atom. The van der Waals surface area contributed by atoms with E-state index < -0.39 is 41.7 Å². The maximum atomic E-state index is 12.4. The lowest BCUT2D eigenvalue weighted by atomic mass is 10.1. The minimum Gasteiger partial charge on any atom is -0.504 e. The largest absolute Gasteiger partial charge is 0.504 e. The Labute approximate surface area is 149 Å². The predicted molar refractivity (Wildman–Crippen MR) is 92.6 cm³/mol. The average Bonchev–Trinajstić information content (AvgIpc) is 2.64. The van der Waals surface area contributed by atoms with E-state index in [1.165, 1.54) is 12.1 Å². The molecule has 2 aromatic carbocycles. The lowest BCUT2D eigenvalue weighted by molar-refractivity contribution is -0.130. The van der Waals surface area contributed by atoms with Gasteiger partial charge in [-0.1, -0.05) is 30.3 Å². The number of carbonyl (C=O) groups is 2. The number of benzene rings is 2. The summed E-state index contributed by atoms with van der Waals surface area (Å²) < 4.78 is 0. The summed E-state index contributed by atoms with van der Waals surface area (Å²) in [5, 5.41) is 42.3.